The highest BCUT2D eigenvalue weighted by Crippen LogP contribution is 2.45. The molecule has 0 spiro atoms. The Morgan fingerprint density at radius 1 is 1.33 bits per heavy atom. The predicted octanol–water partition coefficient (Wildman–Crippen LogP) is 1.47. The van der Waals surface area contributed by atoms with Gasteiger partial charge in [-0.2, -0.15) is 4.39 Å². The average molecular weight is 300 g/mol. The Balaban J connectivity index is 2.18. The molecule has 0 atom stereocenters. The summed E-state index contributed by atoms with van der Waals surface area (Å²) in [6.45, 7) is -0.216. The number of amides is 1. The van der Waals surface area contributed by atoms with Crippen LogP contribution in [0, 0.1) is 27.2 Å². The predicted molar refractivity (Wildman–Crippen MR) is 64.6 cm³/mol. The van der Waals surface area contributed by atoms with Crippen molar-refractivity contribution < 1.29 is 28.4 Å². The normalized spacial score (nSPS) is 15.3. The lowest BCUT2D eigenvalue weighted by atomic mass is 10.1. The minimum Gasteiger partial charge on any atom is -0.481 e. The Labute approximate surface area is 116 Å². The molecule has 1 amide bonds. The summed E-state index contributed by atoms with van der Waals surface area (Å²) < 4.78 is 26.6. The number of nitro groups is 1. The van der Waals surface area contributed by atoms with Gasteiger partial charge in [-0.1, -0.05) is 0 Å². The van der Waals surface area contributed by atoms with Crippen molar-refractivity contribution in [3.05, 3.63) is 39.4 Å². The second-order valence-corrected chi connectivity index (χ2v) is 4.81. The Morgan fingerprint density at radius 3 is 2.43 bits per heavy atom. The van der Waals surface area contributed by atoms with Crippen LogP contribution in [-0.2, 0) is 4.79 Å². The summed E-state index contributed by atoms with van der Waals surface area (Å²) in [6, 6.07) is 0.734. The van der Waals surface area contributed by atoms with E-state index in [0.29, 0.717) is 18.9 Å². The molecule has 9 heteroatoms. The molecule has 0 heterocycles. The van der Waals surface area contributed by atoms with E-state index in [1.165, 1.54) is 0 Å². The van der Waals surface area contributed by atoms with Gasteiger partial charge in [0.25, 0.3) is 5.91 Å². The molecule has 0 bridgehead atoms. The number of rotatable bonds is 5. The van der Waals surface area contributed by atoms with Crippen LogP contribution in [0.3, 0.4) is 0 Å². The van der Waals surface area contributed by atoms with Gasteiger partial charge in [-0.05, 0) is 12.8 Å². The first-order valence-electron chi connectivity index (χ1n) is 5.92. The number of aliphatic carboxylic acids is 1. The fourth-order valence-corrected chi connectivity index (χ4v) is 1.81. The van der Waals surface area contributed by atoms with Crippen molar-refractivity contribution in [3.63, 3.8) is 0 Å². The van der Waals surface area contributed by atoms with Crippen LogP contribution in [0.4, 0.5) is 14.5 Å². The quantitative estimate of drug-likeness (QED) is 0.632. The van der Waals surface area contributed by atoms with Crippen molar-refractivity contribution in [1.82, 2.24) is 5.32 Å². The molecule has 0 aliphatic heterocycles. The van der Waals surface area contributed by atoms with Crippen LogP contribution >= 0.6 is 0 Å². The standard InChI is InChI=1S/C12H10F2N2O5/c13-7-4-8(14)9(16(20)21)3-6(7)10(17)15-5-12(1-2-12)11(18)19/h3-4H,1-2,5H2,(H,15,17)(H,18,19). The van der Waals surface area contributed by atoms with Crippen LogP contribution in [0.1, 0.15) is 23.2 Å². The third-order valence-electron chi connectivity index (χ3n) is 3.37. The molecule has 1 aromatic carbocycles. The van der Waals surface area contributed by atoms with Crippen LogP contribution in [0.2, 0.25) is 0 Å². The Bertz CT molecular complexity index is 643. The highest BCUT2D eigenvalue weighted by atomic mass is 19.1. The molecule has 1 saturated carbocycles. The lowest BCUT2D eigenvalue weighted by Gasteiger charge is -2.11. The van der Waals surface area contributed by atoms with Crippen LogP contribution in [-0.4, -0.2) is 28.5 Å². The fraction of sp³-hybridized carbons (Fsp3) is 0.333. The van der Waals surface area contributed by atoms with Crippen molar-refractivity contribution in [2.75, 3.05) is 6.54 Å². The van der Waals surface area contributed by atoms with Crippen molar-refractivity contribution in [2.45, 2.75) is 12.8 Å². The van der Waals surface area contributed by atoms with Gasteiger partial charge in [-0.3, -0.25) is 19.7 Å². The molecule has 1 aliphatic rings. The van der Waals surface area contributed by atoms with Crippen LogP contribution in [0.25, 0.3) is 0 Å². The zero-order chi connectivity index (χ0) is 15.8. The number of nitrogens with one attached hydrogen (secondary N) is 1. The molecule has 0 saturated heterocycles. The number of carbonyl (C=O) groups excluding carboxylic acids is 1. The summed E-state index contributed by atoms with van der Waals surface area (Å²) in [4.78, 5) is 32.2. The number of carbonyl (C=O) groups is 2. The Morgan fingerprint density at radius 2 is 1.95 bits per heavy atom. The molecule has 1 fully saturated rings. The molecule has 7 nitrogen and oxygen atoms in total. The lowest BCUT2D eigenvalue weighted by Crippen LogP contribution is -2.34. The number of nitrogens with zero attached hydrogens (tertiary/aromatic N) is 1. The molecule has 2 N–H and O–H groups in total. The molecule has 2 rings (SSSR count). The maximum Gasteiger partial charge on any atom is 0.311 e. The summed E-state index contributed by atoms with van der Waals surface area (Å²) in [5, 5.41) is 21.7. The average Bonchev–Trinajstić information content (AvgIpc) is 3.16. The summed E-state index contributed by atoms with van der Waals surface area (Å²) in [5.41, 5.74) is -2.79. The van der Waals surface area contributed by atoms with Gasteiger partial charge < -0.3 is 10.4 Å². The van der Waals surface area contributed by atoms with E-state index < -0.39 is 45.1 Å². The van der Waals surface area contributed by atoms with E-state index in [9.17, 15) is 28.5 Å². The van der Waals surface area contributed by atoms with Crippen molar-refractivity contribution in [3.8, 4) is 0 Å². The SMILES string of the molecule is O=C(NCC1(C(=O)O)CC1)c1cc([N+](=O)[O-])c(F)cc1F. The number of carboxylic acid groups (broad SMARTS) is 1. The number of hydrogen-bond acceptors (Lipinski definition) is 4. The third kappa shape index (κ3) is 2.81. The van der Waals surface area contributed by atoms with Gasteiger partial charge >= 0.3 is 11.7 Å². The minimum atomic E-state index is -1.39. The molecule has 112 valence electrons. The highest BCUT2D eigenvalue weighted by molar-refractivity contribution is 5.95. The topological polar surface area (TPSA) is 110 Å². The van der Waals surface area contributed by atoms with Crippen molar-refractivity contribution >= 4 is 17.6 Å². The van der Waals surface area contributed by atoms with E-state index in [-0.39, 0.29) is 12.6 Å². The first-order valence-corrected chi connectivity index (χ1v) is 5.92. The van der Waals surface area contributed by atoms with Gasteiger partial charge in [0.2, 0.25) is 5.82 Å². The van der Waals surface area contributed by atoms with E-state index in [4.69, 9.17) is 5.11 Å². The zero-order valence-electron chi connectivity index (χ0n) is 10.6. The van der Waals surface area contributed by atoms with Crippen molar-refractivity contribution in [2.24, 2.45) is 5.41 Å². The minimum absolute atomic E-state index is 0.216. The number of hydrogen-bond donors (Lipinski definition) is 2. The Kier molecular flexibility index (Phi) is 3.58. The maximum atomic E-state index is 13.5. The molecule has 0 unspecified atom stereocenters. The lowest BCUT2D eigenvalue weighted by molar-refractivity contribution is -0.387. The number of benzene rings is 1. The molecule has 1 aliphatic carbocycles. The van der Waals surface area contributed by atoms with Gasteiger partial charge in [-0.25, -0.2) is 4.39 Å². The molecular weight excluding hydrogens is 290 g/mol. The largest absolute Gasteiger partial charge is 0.481 e. The fourth-order valence-electron chi connectivity index (χ4n) is 1.81. The van der Waals surface area contributed by atoms with Gasteiger partial charge in [0.1, 0.15) is 5.82 Å². The van der Waals surface area contributed by atoms with E-state index >= 15 is 0 Å². The van der Waals surface area contributed by atoms with Crippen molar-refractivity contribution in [1.29, 1.82) is 0 Å². The molecule has 0 radical (unpaired) electrons. The van der Waals surface area contributed by atoms with E-state index in [0.717, 1.165) is 0 Å². The second kappa shape index (κ2) is 5.08. The summed E-state index contributed by atoms with van der Waals surface area (Å²) in [5.74, 6) is -4.74. The summed E-state index contributed by atoms with van der Waals surface area (Å²) in [6.07, 6.45) is 0.767. The first-order chi connectivity index (χ1) is 9.77. The van der Waals surface area contributed by atoms with Gasteiger partial charge in [0, 0.05) is 18.7 Å². The second-order valence-electron chi connectivity index (χ2n) is 4.81. The zero-order valence-corrected chi connectivity index (χ0v) is 10.6. The summed E-state index contributed by atoms with van der Waals surface area (Å²) >= 11 is 0. The van der Waals surface area contributed by atoms with Gasteiger partial charge in [0.15, 0.2) is 0 Å². The first kappa shape index (κ1) is 14.8. The smallest absolute Gasteiger partial charge is 0.311 e. The summed E-state index contributed by atoms with van der Waals surface area (Å²) in [7, 11) is 0. The van der Waals surface area contributed by atoms with E-state index in [2.05, 4.69) is 5.32 Å². The monoisotopic (exact) mass is 300 g/mol. The molecule has 21 heavy (non-hydrogen) atoms. The number of carboxylic acids is 1. The maximum absolute atomic E-state index is 13.5. The third-order valence-corrected chi connectivity index (χ3v) is 3.37. The van der Waals surface area contributed by atoms with Crippen LogP contribution < -0.4 is 5.32 Å². The molecular formula is C12H10F2N2O5. The number of nitro benzene ring substituents is 1. The van der Waals surface area contributed by atoms with E-state index in [1.807, 2.05) is 0 Å². The molecule has 0 aromatic heterocycles. The van der Waals surface area contributed by atoms with Crippen LogP contribution in [0.15, 0.2) is 12.1 Å². The Hall–Kier alpha value is -2.58. The van der Waals surface area contributed by atoms with E-state index in [1.54, 1.807) is 0 Å². The number of halogens is 2. The van der Waals surface area contributed by atoms with Crippen LogP contribution in [0.5, 0.6) is 0 Å². The van der Waals surface area contributed by atoms with Gasteiger partial charge in [-0.15, -0.1) is 0 Å². The van der Waals surface area contributed by atoms with Gasteiger partial charge in [0.05, 0.1) is 15.9 Å². The molecule has 1 aromatic rings. The highest BCUT2D eigenvalue weighted by Gasteiger charge is 2.50.